The lowest BCUT2D eigenvalue weighted by molar-refractivity contribution is -0.171. The molecule has 6 atom stereocenters. The summed E-state index contributed by atoms with van der Waals surface area (Å²) in [6.07, 6.45) is 16.8. The van der Waals surface area contributed by atoms with Crippen LogP contribution in [0.5, 0.6) is 0 Å². The fraction of sp³-hybridized carbons (Fsp3) is 0.690. The second kappa shape index (κ2) is 9.28. The van der Waals surface area contributed by atoms with Gasteiger partial charge in [0.1, 0.15) is 0 Å². The molecule has 0 aromatic carbocycles. The molecule has 4 aliphatic carbocycles. The Labute approximate surface area is 200 Å². The van der Waals surface area contributed by atoms with Gasteiger partial charge in [0.25, 0.3) is 0 Å². The van der Waals surface area contributed by atoms with Crippen molar-refractivity contribution < 1.29 is 10.3 Å². The Hall–Kier alpha value is -1.49. The largest absolute Gasteiger partial charge is 0.385 e. The smallest absolute Gasteiger partial charge is 0.0875 e. The van der Waals surface area contributed by atoms with Gasteiger partial charge in [0.05, 0.1) is 5.60 Å². The van der Waals surface area contributed by atoms with Crippen LogP contribution in [0.25, 0.3) is 0 Å². The fourth-order valence-corrected chi connectivity index (χ4v) is 7.71. The predicted molar refractivity (Wildman–Crippen MR) is 136 cm³/mol. The highest BCUT2D eigenvalue weighted by Crippen LogP contribution is 2.61. The van der Waals surface area contributed by atoms with Crippen LogP contribution in [0.4, 0.5) is 0 Å². The Morgan fingerprint density at radius 2 is 2.03 bits per heavy atom. The molecule has 2 N–H and O–H groups in total. The molecular weight excluding hydrogens is 408 g/mol. The summed E-state index contributed by atoms with van der Waals surface area (Å²) in [4.78, 5) is 4.12. The molecule has 4 rings (SSSR count). The number of aliphatic hydroxyl groups is 1. The first-order chi connectivity index (χ1) is 15.6. The van der Waals surface area contributed by atoms with Gasteiger partial charge >= 0.3 is 0 Å². The van der Waals surface area contributed by atoms with Crippen LogP contribution in [0.3, 0.4) is 0 Å². The van der Waals surface area contributed by atoms with E-state index >= 15 is 0 Å². The van der Waals surface area contributed by atoms with Gasteiger partial charge in [-0.05, 0) is 112 Å². The van der Waals surface area contributed by atoms with Crippen molar-refractivity contribution in [2.75, 3.05) is 7.05 Å². The zero-order chi connectivity index (χ0) is 24.0. The lowest BCUT2D eigenvalue weighted by atomic mass is 9.60. The first-order valence-corrected chi connectivity index (χ1v) is 13.0. The van der Waals surface area contributed by atoms with E-state index in [1.165, 1.54) is 34.6 Å². The third-order valence-electron chi connectivity index (χ3n) is 9.39. The molecule has 4 heteroatoms. The highest BCUT2D eigenvalue weighted by Gasteiger charge is 2.53. The van der Waals surface area contributed by atoms with Gasteiger partial charge in [0.15, 0.2) is 0 Å². The molecule has 0 spiro atoms. The topological polar surface area (TPSA) is 56.1 Å². The molecule has 0 heterocycles. The van der Waals surface area contributed by atoms with Crippen LogP contribution in [-0.2, 0) is 0 Å². The predicted octanol–water partition coefficient (Wildman–Crippen LogP) is 6.27. The number of hydrogen-bond donors (Lipinski definition) is 2. The minimum Gasteiger partial charge on any atom is -0.385 e. The molecule has 0 aliphatic heterocycles. The zero-order valence-electron chi connectivity index (χ0n) is 21.3. The number of fused-ring (bicyclic) bond motifs is 4. The molecule has 2 saturated carbocycles. The molecule has 0 aromatic rings. The Kier molecular flexibility index (Phi) is 6.93. The van der Waals surface area contributed by atoms with E-state index in [-0.39, 0.29) is 17.5 Å². The average molecular weight is 453 g/mol. The molecule has 0 bridgehead atoms. The summed E-state index contributed by atoms with van der Waals surface area (Å²) < 4.78 is 0. The third-order valence-corrected chi connectivity index (χ3v) is 9.39. The Morgan fingerprint density at radius 1 is 1.27 bits per heavy atom. The van der Waals surface area contributed by atoms with Crippen molar-refractivity contribution in [2.45, 2.75) is 96.7 Å². The van der Waals surface area contributed by atoms with Crippen molar-refractivity contribution in [1.82, 2.24) is 5.06 Å². The molecule has 6 unspecified atom stereocenters. The van der Waals surface area contributed by atoms with Gasteiger partial charge in [-0.1, -0.05) is 37.3 Å². The van der Waals surface area contributed by atoms with Crippen molar-refractivity contribution in [3.8, 4) is 0 Å². The minimum absolute atomic E-state index is 0.0370. The number of rotatable bonds is 5. The van der Waals surface area contributed by atoms with Gasteiger partial charge in [-0.25, -0.2) is 0 Å². The van der Waals surface area contributed by atoms with E-state index in [0.717, 1.165) is 37.7 Å². The van der Waals surface area contributed by atoms with E-state index in [9.17, 15) is 10.3 Å². The number of aliphatic imine (C=N–C) groups is 1. The van der Waals surface area contributed by atoms with Crippen LogP contribution in [0.2, 0.25) is 0 Å². The van der Waals surface area contributed by atoms with Crippen molar-refractivity contribution in [1.29, 1.82) is 0 Å². The maximum Gasteiger partial charge on any atom is 0.0875 e. The van der Waals surface area contributed by atoms with Crippen molar-refractivity contribution in [2.24, 2.45) is 28.2 Å². The van der Waals surface area contributed by atoms with Gasteiger partial charge in [0, 0.05) is 25.3 Å². The molecule has 0 amide bonds. The molecule has 0 radical (unpaired) electrons. The standard InChI is InChI=1S/C29H44N2O2/c1-19(2)31(33)24-8-7-23-16-22-11-13-28(5)26(21(4)15-20(3)18-30-6)9-10-27(28)25(22)12-14-29(23,32)17-24/h11,15-16,18-19,24-27,32-33H,3,7-10,12-14,17H2,1-2,4-6H3. The molecule has 4 aliphatic rings. The average Bonchev–Trinajstić information content (AvgIpc) is 3.03. The van der Waals surface area contributed by atoms with Crippen LogP contribution < -0.4 is 0 Å². The van der Waals surface area contributed by atoms with E-state index in [1.54, 1.807) is 7.05 Å². The van der Waals surface area contributed by atoms with Crippen molar-refractivity contribution >= 4 is 6.21 Å². The van der Waals surface area contributed by atoms with Crippen LogP contribution in [-0.4, -0.2) is 46.3 Å². The van der Waals surface area contributed by atoms with Gasteiger partial charge in [-0.2, -0.15) is 5.06 Å². The van der Waals surface area contributed by atoms with Gasteiger partial charge < -0.3 is 10.3 Å². The maximum atomic E-state index is 11.7. The highest BCUT2D eigenvalue weighted by molar-refractivity contribution is 5.81. The van der Waals surface area contributed by atoms with E-state index in [0.29, 0.717) is 24.2 Å². The monoisotopic (exact) mass is 452 g/mol. The quantitative estimate of drug-likeness (QED) is 0.293. The number of hydroxylamine groups is 2. The summed E-state index contributed by atoms with van der Waals surface area (Å²) in [6.45, 7) is 12.9. The third kappa shape index (κ3) is 4.47. The van der Waals surface area contributed by atoms with Gasteiger partial charge in [-0.3, -0.25) is 4.99 Å². The molecule has 33 heavy (non-hydrogen) atoms. The maximum absolute atomic E-state index is 11.7. The Morgan fingerprint density at radius 3 is 2.73 bits per heavy atom. The summed E-state index contributed by atoms with van der Waals surface area (Å²) in [5.41, 5.74) is 4.56. The molecular formula is C29H44N2O2. The van der Waals surface area contributed by atoms with Crippen LogP contribution in [0.15, 0.2) is 52.1 Å². The summed E-state index contributed by atoms with van der Waals surface area (Å²) in [5, 5.41) is 23.8. The van der Waals surface area contributed by atoms with Crippen molar-refractivity contribution in [3.05, 3.63) is 47.1 Å². The van der Waals surface area contributed by atoms with E-state index < -0.39 is 5.60 Å². The summed E-state index contributed by atoms with van der Waals surface area (Å²) in [7, 11) is 1.80. The van der Waals surface area contributed by atoms with E-state index in [4.69, 9.17) is 0 Å². The lowest BCUT2D eigenvalue weighted by Crippen LogP contribution is -2.48. The number of allylic oxidation sites excluding steroid dienone is 6. The summed E-state index contributed by atoms with van der Waals surface area (Å²) in [6, 6.07) is 0.113. The summed E-state index contributed by atoms with van der Waals surface area (Å²) in [5.74, 6) is 1.75. The van der Waals surface area contributed by atoms with Gasteiger partial charge in [0.2, 0.25) is 0 Å². The van der Waals surface area contributed by atoms with E-state index in [1.807, 2.05) is 20.1 Å². The molecule has 182 valence electrons. The first kappa shape index (κ1) is 24.6. The van der Waals surface area contributed by atoms with Crippen LogP contribution in [0, 0.1) is 23.2 Å². The number of hydrogen-bond acceptors (Lipinski definition) is 4. The summed E-state index contributed by atoms with van der Waals surface area (Å²) >= 11 is 0. The SMILES string of the molecule is C=C(C=NC)C=C(C)C1CCC2C3CCC4(O)CC(N(O)C(C)C)CCC4=CC3=CCC12C. The van der Waals surface area contributed by atoms with Gasteiger partial charge in [-0.15, -0.1) is 0 Å². The Balaban J connectivity index is 1.56. The molecule has 0 saturated heterocycles. The number of nitrogens with zero attached hydrogens (tertiary/aromatic N) is 2. The highest BCUT2D eigenvalue weighted by atomic mass is 16.5. The molecule has 0 aromatic heterocycles. The van der Waals surface area contributed by atoms with Crippen LogP contribution >= 0.6 is 0 Å². The first-order valence-electron chi connectivity index (χ1n) is 13.0. The molecule has 4 nitrogen and oxygen atoms in total. The van der Waals surface area contributed by atoms with Crippen molar-refractivity contribution in [3.63, 3.8) is 0 Å². The minimum atomic E-state index is -0.779. The second-order valence-corrected chi connectivity index (χ2v) is 11.7. The fourth-order valence-electron chi connectivity index (χ4n) is 7.71. The Bertz CT molecular complexity index is 897. The molecule has 2 fully saturated rings. The zero-order valence-corrected chi connectivity index (χ0v) is 21.3. The van der Waals surface area contributed by atoms with Crippen LogP contribution in [0.1, 0.15) is 79.1 Å². The second-order valence-electron chi connectivity index (χ2n) is 11.7. The van der Waals surface area contributed by atoms with E-state index in [2.05, 4.69) is 43.6 Å². The lowest BCUT2D eigenvalue weighted by Gasteiger charge is -2.45. The normalized spacial score (nSPS) is 39.1.